The zero-order chi connectivity index (χ0) is 15.1. The van der Waals surface area contributed by atoms with Crippen LogP contribution in [-0.4, -0.2) is 41.3 Å². The summed E-state index contributed by atoms with van der Waals surface area (Å²) >= 11 is 6.09. The molecule has 0 spiro atoms. The third kappa shape index (κ3) is 4.77. The van der Waals surface area contributed by atoms with E-state index in [1.165, 1.54) is 10.9 Å². The SMILES string of the molecule is COCC(CCO)Nc1cnn(CC(C)C)c(=O)c1Cl. The number of aromatic nitrogens is 2. The minimum absolute atomic E-state index is 0.0243. The Balaban J connectivity index is 2.91. The molecule has 6 nitrogen and oxygen atoms in total. The maximum absolute atomic E-state index is 12.1. The molecule has 114 valence electrons. The van der Waals surface area contributed by atoms with Crippen molar-refractivity contribution in [1.82, 2.24) is 9.78 Å². The van der Waals surface area contributed by atoms with Gasteiger partial charge in [-0.2, -0.15) is 5.10 Å². The second-order valence-electron chi connectivity index (χ2n) is 5.06. The predicted octanol–water partition coefficient (Wildman–Crippen LogP) is 1.36. The molecule has 1 atom stereocenters. The highest BCUT2D eigenvalue weighted by molar-refractivity contribution is 6.32. The molecule has 20 heavy (non-hydrogen) atoms. The van der Waals surface area contributed by atoms with Crippen molar-refractivity contribution in [2.75, 3.05) is 25.6 Å². The van der Waals surface area contributed by atoms with E-state index in [-0.39, 0.29) is 23.2 Å². The Morgan fingerprint density at radius 2 is 2.25 bits per heavy atom. The first-order valence-corrected chi connectivity index (χ1v) is 6.99. The summed E-state index contributed by atoms with van der Waals surface area (Å²) in [7, 11) is 1.58. The number of halogens is 1. The average Bonchev–Trinajstić information content (AvgIpc) is 2.38. The third-order valence-electron chi connectivity index (χ3n) is 2.73. The van der Waals surface area contributed by atoms with E-state index in [4.69, 9.17) is 21.4 Å². The van der Waals surface area contributed by atoms with Crippen LogP contribution in [0.25, 0.3) is 0 Å². The molecule has 0 aromatic carbocycles. The number of hydrogen-bond donors (Lipinski definition) is 2. The zero-order valence-electron chi connectivity index (χ0n) is 12.1. The first-order valence-electron chi connectivity index (χ1n) is 6.61. The summed E-state index contributed by atoms with van der Waals surface area (Å²) in [5, 5.41) is 16.3. The highest BCUT2D eigenvalue weighted by Crippen LogP contribution is 2.17. The van der Waals surface area contributed by atoms with E-state index in [0.29, 0.717) is 31.2 Å². The number of aliphatic hydroxyl groups excluding tert-OH is 1. The van der Waals surface area contributed by atoms with Crippen LogP contribution in [0.3, 0.4) is 0 Å². The Bertz CT molecular complexity index is 470. The molecule has 7 heteroatoms. The Labute approximate surface area is 123 Å². The average molecular weight is 304 g/mol. The van der Waals surface area contributed by atoms with Gasteiger partial charge in [0.15, 0.2) is 0 Å². The fourth-order valence-electron chi connectivity index (χ4n) is 1.82. The molecule has 0 aliphatic carbocycles. The van der Waals surface area contributed by atoms with Gasteiger partial charge in [-0.1, -0.05) is 25.4 Å². The van der Waals surface area contributed by atoms with Crippen molar-refractivity contribution in [3.8, 4) is 0 Å². The molecule has 1 aromatic rings. The molecular formula is C13H22ClN3O3. The van der Waals surface area contributed by atoms with Gasteiger partial charge in [-0.05, 0) is 12.3 Å². The normalized spacial score (nSPS) is 12.7. The minimum atomic E-state index is -0.314. The quantitative estimate of drug-likeness (QED) is 0.758. The van der Waals surface area contributed by atoms with Gasteiger partial charge < -0.3 is 15.2 Å². The molecule has 0 fully saturated rings. The number of hydrogen-bond acceptors (Lipinski definition) is 5. The topological polar surface area (TPSA) is 76.4 Å². The van der Waals surface area contributed by atoms with Crippen molar-refractivity contribution >= 4 is 17.3 Å². The third-order valence-corrected chi connectivity index (χ3v) is 3.09. The number of ether oxygens (including phenoxy) is 1. The van der Waals surface area contributed by atoms with Gasteiger partial charge in [-0.3, -0.25) is 4.79 Å². The number of nitrogens with zero attached hydrogens (tertiary/aromatic N) is 2. The molecular weight excluding hydrogens is 282 g/mol. The van der Waals surface area contributed by atoms with Gasteiger partial charge in [0.1, 0.15) is 5.02 Å². The van der Waals surface area contributed by atoms with Gasteiger partial charge in [0.25, 0.3) is 5.56 Å². The molecule has 0 amide bonds. The monoisotopic (exact) mass is 303 g/mol. The van der Waals surface area contributed by atoms with Crippen LogP contribution in [0.1, 0.15) is 20.3 Å². The molecule has 2 N–H and O–H groups in total. The summed E-state index contributed by atoms with van der Waals surface area (Å²) in [6.07, 6.45) is 2.03. The van der Waals surface area contributed by atoms with Gasteiger partial charge >= 0.3 is 0 Å². The van der Waals surface area contributed by atoms with Crippen molar-refractivity contribution in [2.45, 2.75) is 32.9 Å². The van der Waals surface area contributed by atoms with E-state index in [1.54, 1.807) is 7.11 Å². The Morgan fingerprint density at radius 3 is 2.80 bits per heavy atom. The molecule has 1 unspecified atom stereocenters. The number of aliphatic hydroxyl groups is 1. The smallest absolute Gasteiger partial charge is 0.287 e. The molecule has 0 aliphatic rings. The molecule has 1 rings (SSSR count). The fourth-order valence-corrected chi connectivity index (χ4v) is 2.02. The van der Waals surface area contributed by atoms with E-state index in [0.717, 1.165) is 0 Å². The van der Waals surface area contributed by atoms with Crippen LogP contribution >= 0.6 is 11.6 Å². The summed E-state index contributed by atoms with van der Waals surface area (Å²) in [4.78, 5) is 12.1. The van der Waals surface area contributed by atoms with E-state index < -0.39 is 0 Å². The van der Waals surface area contributed by atoms with Crippen molar-refractivity contribution in [3.05, 3.63) is 21.6 Å². The Morgan fingerprint density at radius 1 is 1.55 bits per heavy atom. The largest absolute Gasteiger partial charge is 0.396 e. The lowest BCUT2D eigenvalue weighted by Gasteiger charge is -2.19. The summed E-state index contributed by atoms with van der Waals surface area (Å²) in [5.74, 6) is 0.311. The first-order chi connectivity index (χ1) is 9.49. The second kappa shape index (κ2) is 8.24. The highest BCUT2D eigenvalue weighted by Gasteiger charge is 2.14. The maximum Gasteiger partial charge on any atom is 0.287 e. The van der Waals surface area contributed by atoms with Crippen LogP contribution in [0.5, 0.6) is 0 Å². The highest BCUT2D eigenvalue weighted by atomic mass is 35.5. The molecule has 0 saturated carbocycles. The molecule has 0 bridgehead atoms. The maximum atomic E-state index is 12.1. The van der Waals surface area contributed by atoms with Crippen molar-refractivity contribution in [2.24, 2.45) is 5.92 Å². The van der Waals surface area contributed by atoms with Crippen molar-refractivity contribution in [1.29, 1.82) is 0 Å². The van der Waals surface area contributed by atoms with Crippen molar-refractivity contribution in [3.63, 3.8) is 0 Å². The predicted molar refractivity (Wildman–Crippen MR) is 79.3 cm³/mol. The van der Waals surface area contributed by atoms with Gasteiger partial charge in [0.05, 0.1) is 24.5 Å². The van der Waals surface area contributed by atoms with Crippen LogP contribution in [-0.2, 0) is 11.3 Å². The van der Waals surface area contributed by atoms with E-state index in [2.05, 4.69) is 10.4 Å². The van der Waals surface area contributed by atoms with Crippen LogP contribution in [0.2, 0.25) is 5.02 Å². The Hall–Kier alpha value is -1.11. The van der Waals surface area contributed by atoms with Crippen LogP contribution in [0.4, 0.5) is 5.69 Å². The zero-order valence-corrected chi connectivity index (χ0v) is 12.9. The lowest BCUT2D eigenvalue weighted by molar-refractivity contribution is 0.170. The van der Waals surface area contributed by atoms with E-state index in [1.807, 2.05) is 13.8 Å². The first kappa shape index (κ1) is 16.9. The second-order valence-corrected chi connectivity index (χ2v) is 5.44. The van der Waals surface area contributed by atoms with Crippen LogP contribution in [0.15, 0.2) is 11.0 Å². The van der Waals surface area contributed by atoms with Crippen molar-refractivity contribution < 1.29 is 9.84 Å². The van der Waals surface area contributed by atoms with E-state index >= 15 is 0 Å². The van der Waals surface area contributed by atoms with Gasteiger partial charge in [0, 0.05) is 20.3 Å². The van der Waals surface area contributed by atoms with E-state index in [9.17, 15) is 4.79 Å². The summed E-state index contributed by atoms with van der Waals surface area (Å²) in [5.41, 5.74) is 0.151. The van der Waals surface area contributed by atoms with Gasteiger partial charge in [0.2, 0.25) is 0 Å². The Kier molecular flexibility index (Phi) is 6.98. The number of methoxy groups -OCH3 is 1. The fraction of sp³-hybridized carbons (Fsp3) is 0.692. The van der Waals surface area contributed by atoms with Crippen LogP contribution < -0.4 is 10.9 Å². The molecule has 1 heterocycles. The number of rotatable bonds is 8. The van der Waals surface area contributed by atoms with Gasteiger partial charge in [-0.15, -0.1) is 0 Å². The molecule has 1 aromatic heterocycles. The van der Waals surface area contributed by atoms with Crippen LogP contribution in [0, 0.1) is 5.92 Å². The summed E-state index contributed by atoms with van der Waals surface area (Å²) < 4.78 is 6.41. The molecule has 0 aliphatic heterocycles. The summed E-state index contributed by atoms with van der Waals surface area (Å²) in [6, 6.07) is -0.121. The number of anilines is 1. The number of nitrogens with one attached hydrogen (secondary N) is 1. The lowest BCUT2D eigenvalue weighted by Crippen LogP contribution is -2.30. The molecule has 0 saturated heterocycles. The minimum Gasteiger partial charge on any atom is -0.396 e. The standard InChI is InChI=1S/C13H22ClN3O3/c1-9(2)7-17-13(19)12(14)11(6-15-17)16-10(4-5-18)8-20-3/h6,9-10,16,18H,4-5,7-8H2,1-3H3. The molecule has 0 radical (unpaired) electrons. The lowest BCUT2D eigenvalue weighted by atomic mass is 10.2. The van der Waals surface area contributed by atoms with Gasteiger partial charge in [-0.25, -0.2) is 4.68 Å². The summed E-state index contributed by atoms with van der Waals surface area (Å²) in [6.45, 7) is 4.97.